The van der Waals surface area contributed by atoms with Crippen LogP contribution in [-0.4, -0.2) is 6.61 Å². The van der Waals surface area contributed by atoms with Crippen molar-refractivity contribution < 1.29 is 9.15 Å². The average molecular weight is 204 g/mol. The van der Waals surface area contributed by atoms with Crippen LogP contribution >= 0.6 is 0 Å². The highest BCUT2D eigenvalue weighted by Crippen LogP contribution is 2.24. The molecule has 0 unspecified atom stereocenters. The van der Waals surface area contributed by atoms with Crippen LogP contribution in [0, 0.1) is 6.92 Å². The molecule has 0 radical (unpaired) electrons. The van der Waals surface area contributed by atoms with E-state index in [1.165, 1.54) is 0 Å². The molecule has 0 N–H and O–H groups in total. The minimum absolute atomic E-state index is 0.311. The molecule has 1 heterocycles. The minimum Gasteiger partial charge on any atom is -0.490 e. The van der Waals surface area contributed by atoms with Crippen LogP contribution < -0.4 is 10.4 Å². The summed E-state index contributed by atoms with van der Waals surface area (Å²) in [5.74, 6) is 0.618. The van der Waals surface area contributed by atoms with E-state index in [4.69, 9.17) is 9.15 Å². The van der Waals surface area contributed by atoms with Crippen LogP contribution in [0.2, 0.25) is 0 Å². The Balaban J connectivity index is 2.74. The largest absolute Gasteiger partial charge is 0.490 e. The summed E-state index contributed by atoms with van der Waals surface area (Å²) in [6.45, 7) is 4.18. The molecule has 1 aromatic carbocycles. The van der Waals surface area contributed by atoms with Gasteiger partial charge in [-0.05, 0) is 26.0 Å². The summed E-state index contributed by atoms with van der Waals surface area (Å²) in [7, 11) is 0. The Morgan fingerprint density at radius 3 is 2.93 bits per heavy atom. The van der Waals surface area contributed by atoms with Gasteiger partial charge in [0.2, 0.25) is 0 Å². The second-order valence-corrected chi connectivity index (χ2v) is 3.32. The van der Waals surface area contributed by atoms with Crippen molar-refractivity contribution in [3.8, 4) is 5.75 Å². The molecule has 15 heavy (non-hydrogen) atoms. The Morgan fingerprint density at radius 2 is 2.20 bits per heavy atom. The van der Waals surface area contributed by atoms with Crippen molar-refractivity contribution in [2.75, 3.05) is 6.61 Å². The molecule has 2 aromatic rings. The maximum absolute atomic E-state index is 11.4. The van der Waals surface area contributed by atoms with Gasteiger partial charge < -0.3 is 9.15 Å². The van der Waals surface area contributed by atoms with Crippen molar-refractivity contribution >= 4 is 11.0 Å². The molecule has 78 valence electrons. The number of aryl methyl sites for hydroxylation is 1. The highest BCUT2D eigenvalue weighted by Gasteiger charge is 2.06. The van der Waals surface area contributed by atoms with Crippen LogP contribution in [-0.2, 0) is 0 Å². The number of benzene rings is 1. The number of rotatable bonds is 2. The summed E-state index contributed by atoms with van der Waals surface area (Å²) in [5, 5.41) is 0.887. The quantitative estimate of drug-likeness (QED) is 0.705. The molecule has 0 spiro atoms. The Kier molecular flexibility index (Phi) is 2.46. The van der Waals surface area contributed by atoms with Crippen LogP contribution in [0.3, 0.4) is 0 Å². The van der Waals surface area contributed by atoms with Gasteiger partial charge in [-0.15, -0.1) is 0 Å². The zero-order valence-electron chi connectivity index (χ0n) is 8.74. The molecule has 0 aliphatic heterocycles. The molecule has 0 atom stereocenters. The van der Waals surface area contributed by atoms with E-state index < -0.39 is 0 Å². The molecule has 1 aromatic heterocycles. The van der Waals surface area contributed by atoms with E-state index in [-0.39, 0.29) is 5.63 Å². The molecule has 0 aliphatic carbocycles. The molecule has 3 heteroatoms. The van der Waals surface area contributed by atoms with Crippen molar-refractivity contribution in [2.45, 2.75) is 13.8 Å². The van der Waals surface area contributed by atoms with Crippen LogP contribution in [0.4, 0.5) is 0 Å². The molecule has 0 bridgehead atoms. The first kappa shape index (κ1) is 9.77. The summed E-state index contributed by atoms with van der Waals surface area (Å²) in [5.41, 5.74) is 0.820. The van der Waals surface area contributed by atoms with Gasteiger partial charge in [-0.1, -0.05) is 12.1 Å². The number of hydrogen-bond acceptors (Lipinski definition) is 3. The highest BCUT2D eigenvalue weighted by atomic mass is 16.5. The highest BCUT2D eigenvalue weighted by molar-refractivity contribution is 5.82. The number of ether oxygens (including phenoxy) is 1. The van der Waals surface area contributed by atoms with Gasteiger partial charge in [-0.25, -0.2) is 4.79 Å². The average Bonchev–Trinajstić information content (AvgIpc) is 2.21. The Labute approximate surface area is 87.3 Å². The molecular weight excluding hydrogens is 192 g/mol. The van der Waals surface area contributed by atoms with E-state index in [1.54, 1.807) is 13.0 Å². The van der Waals surface area contributed by atoms with Gasteiger partial charge in [-0.3, -0.25) is 0 Å². The fourth-order valence-electron chi connectivity index (χ4n) is 1.49. The SMILES string of the molecule is CCOc1cccc2cc(C)c(=O)oc12. The maximum atomic E-state index is 11.4. The monoisotopic (exact) mass is 204 g/mol. The Hall–Kier alpha value is -1.77. The molecule has 0 saturated heterocycles. The van der Waals surface area contributed by atoms with Crippen LogP contribution in [0.25, 0.3) is 11.0 Å². The molecular formula is C12H12O3. The van der Waals surface area contributed by atoms with Crippen molar-refractivity contribution in [3.05, 3.63) is 40.2 Å². The lowest BCUT2D eigenvalue weighted by atomic mass is 10.2. The van der Waals surface area contributed by atoms with Crippen molar-refractivity contribution in [3.63, 3.8) is 0 Å². The van der Waals surface area contributed by atoms with Gasteiger partial charge >= 0.3 is 5.63 Å². The maximum Gasteiger partial charge on any atom is 0.339 e. The molecule has 0 aliphatic rings. The fourth-order valence-corrected chi connectivity index (χ4v) is 1.49. The predicted octanol–water partition coefficient (Wildman–Crippen LogP) is 2.50. The van der Waals surface area contributed by atoms with E-state index in [0.717, 1.165) is 5.39 Å². The van der Waals surface area contributed by atoms with Gasteiger partial charge in [0, 0.05) is 10.9 Å². The number of hydrogen-bond donors (Lipinski definition) is 0. The second-order valence-electron chi connectivity index (χ2n) is 3.32. The Morgan fingerprint density at radius 1 is 1.40 bits per heavy atom. The van der Waals surface area contributed by atoms with Crippen LogP contribution in [0.1, 0.15) is 12.5 Å². The first-order valence-electron chi connectivity index (χ1n) is 4.88. The van der Waals surface area contributed by atoms with E-state index >= 15 is 0 Å². The standard InChI is InChI=1S/C12H12O3/c1-3-14-10-6-4-5-9-7-8(2)12(13)15-11(9)10/h4-7H,3H2,1-2H3. The lowest BCUT2D eigenvalue weighted by Crippen LogP contribution is -2.03. The predicted molar refractivity (Wildman–Crippen MR) is 58.4 cm³/mol. The molecule has 3 nitrogen and oxygen atoms in total. The fraction of sp³-hybridized carbons (Fsp3) is 0.250. The lowest BCUT2D eigenvalue weighted by molar-refractivity contribution is 0.337. The van der Waals surface area contributed by atoms with E-state index in [0.29, 0.717) is 23.5 Å². The van der Waals surface area contributed by atoms with Crippen LogP contribution in [0.5, 0.6) is 5.75 Å². The van der Waals surface area contributed by atoms with E-state index in [9.17, 15) is 4.79 Å². The summed E-state index contributed by atoms with van der Waals surface area (Å²) in [6.07, 6.45) is 0. The number of fused-ring (bicyclic) bond motifs is 1. The third-order valence-electron chi connectivity index (χ3n) is 2.20. The normalized spacial score (nSPS) is 10.5. The molecule has 0 amide bonds. The molecule has 2 rings (SSSR count). The van der Waals surface area contributed by atoms with Crippen LogP contribution in [0.15, 0.2) is 33.5 Å². The lowest BCUT2D eigenvalue weighted by Gasteiger charge is -2.05. The zero-order chi connectivity index (χ0) is 10.8. The van der Waals surface area contributed by atoms with Gasteiger partial charge in [0.25, 0.3) is 0 Å². The van der Waals surface area contributed by atoms with Crippen molar-refractivity contribution in [1.82, 2.24) is 0 Å². The zero-order valence-corrected chi connectivity index (χ0v) is 8.74. The first-order chi connectivity index (χ1) is 7.22. The topological polar surface area (TPSA) is 39.4 Å². The third kappa shape index (κ3) is 1.73. The Bertz CT molecular complexity index is 540. The van der Waals surface area contributed by atoms with Crippen molar-refractivity contribution in [2.24, 2.45) is 0 Å². The first-order valence-corrected chi connectivity index (χ1v) is 4.88. The van der Waals surface area contributed by atoms with E-state index in [2.05, 4.69) is 0 Å². The summed E-state index contributed by atoms with van der Waals surface area (Å²) in [6, 6.07) is 7.38. The second kappa shape index (κ2) is 3.77. The summed E-state index contributed by atoms with van der Waals surface area (Å²) >= 11 is 0. The smallest absolute Gasteiger partial charge is 0.339 e. The van der Waals surface area contributed by atoms with Gasteiger partial charge in [-0.2, -0.15) is 0 Å². The minimum atomic E-state index is -0.311. The summed E-state index contributed by atoms with van der Waals surface area (Å²) in [4.78, 5) is 11.4. The number of para-hydroxylation sites is 1. The molecule has 0 saturated carbocycles. The third-order valence-corrected chi connectivity index (χ3v) is 2.20. The van der Waals surface area contributed by atoms with Gasteiger partial charge in [0.05, 0.1) is 6.61 Å². The van der Waals surface area contributed by atoms with Gasteiger partial charge in [0.1, 0.15) is 0 Å². The molecule has 0 fully saturated rings. The van der Waals surface area contributed by atoms with E-state index in [1.807, 2.05) is 25.1 Å². The van der Waals surface area contributed by atoms with Crippen molar-refractivity contribution in [1.29, 1.82) is 0 Å². The summed E-state index contributed by atoms with van der Waals surface area (Å²) < 4.78 is 10.6. The van der Waals surface area contributed by atoms with Gasteiger partial charge in [0.15, 0.2) is 11.3 Å².